The summed E-state index contributed by atoms with van der Waals surface area (Å²) in [5, 5.41) is 0. The lowest BCUT2D eigenvalue weighted by Crippen LogP contribution is -2.51. The lowest BCUT2D eigenvalue weighted by atomic mass is 10.4. The van der Waals surface area contributed by atoms with Gasteiger partial charge in [-0.05, 0) is 47.6 Å². The van der Waals surface area contributed by atoms with Gasteiger partial charge in [0.2, 0.25) is 0 Å². The summed E-state index contributed by atoms with van der Waals surface area (Å²) >= 11 is 0. The third-order valence-corrected chi connectivity index (χ3v) is 10.8. The molecule has 0 spiro atoms. The van der Waals surface area contributed by atoms with Crippen molar-refractivity contribution in [2.75, 3.05) is 0 Å². The van der Waals surface area contributed by atoms with Crippen LogP contribution in [0.5, 0.6) is 0 Å². The van der Waals surface area contributed by atoms with Crippen molar-refractivity contribution in [2.45, 2.75) is 65.1 Å². The average molecular weight is 237 g/mol. The second-order valence-corrected chi connectivity index (χ2v) is 11.7. The van der Waals surface area contributed by atoms with Crippen molar-refractivity contribution in [3.8, 4) is 0 Å². The fraction of sp³-hybridized carbons (Fsp3) is 0.714. The molecule has 0 aliphatic heterocycles. The van der Waals surface area contributed by atoms with Crippen molar-refractivity contribution < 1.29 is 0 Å². The van der Waals surface area contributed by atoms with E-state index >= 15 is 0 Å². The van der Waals surface area contributed by atoms with Crippen LogP contribution in [0.25, 0.3) is 0 Å². The molecule has 1 rings (SSSR count). The lowest BCUT2D eigenvalue weighted by Gasteiger charge is -2.44. The highest BCUT2D eigenvalue weighted by molar-refractivity contribution is 6.82. The molecule has 0 aliphatic rings. The van der Waals surface area contributed by atoms with Crippen molar-refractivity contribution in [3.05, 3.63) is 24.0 Å². The highest BCUT2D eigenvalue weighted by Gasteiger charge is 2.44. The fourth-order valence-corrected chi connectivity index (χ4v) is 10.2. The van der Waals surface area contributed by atoms with Crippen molar-refractivity contribution >= 4 is 8.24 Å². The first-order valence-electron chi connectivity index (χ1n) is 6.48. The SMILES string of the molecule is Cc1ccn([Si](C(C)C)(C(C)C)C(C)C)c1. The van der Waals surface area contributed by atoms with Crippen molar-refractivity contribution in [1.29, 1.82) is 0 Å². The summed E-state index contributed by atoms with van der Waals surface area (Å²) in [4.78, 5) is 0. The number of aromatic nitrogens is 1. The van der Waals surface area contributed by atoms with Gasteiger partial charge in [0.05, 0.1) is 0 Å². The summed E-state index contributed by atoms with van der Waals surface area (Å²) in [6, 6.07) is 2.24. The van der Waals surface area contributed by atoms with Crippen LogP contribution >= 0.6 is 0 Å². The summed E-state index contributed by atoms with van der Waals surface area (Å²) in [7, 11) is -1.47. The predicted molar refractivity (Wildman–Crippen MR) is 75.6 cm³/mol. The van der Waals surface area contributed by atoms with Gasteiger partial charge >= 0.3 is 0 Å². The van der Waals surface area contributed by atoms with E-state index in [-0.39, 0.29) is 0 Å². The summed E-state index contributed by atoms with van der Waals surface area (Å²) in [5.41, 5.74) is 3.72. The van der Waals surface area contributed by atoms with Crippen molar-refractivity contribution in [3.63, 3.8) is 0 Å². The first kappa shape index (κ1) is 13.6. The standard InChI is InChI=1S/C14H27NSi/c1-11(2)16(12(3)4,13(5)6)15-9-8-14(7)10-15/h8-13H,1-7H3. The summed E-state index contributed by atoms with van der Waals surface area (Å²) in [5.74, 6) is 0. The zero-order chi connectivity index (χ0) is 12.5. The number of hydrogen-bond acceptors (Lipinski definition) is 0. The number of hydrogen-bond donors (Lipinski definition) is 0. The summed E-state index contributed by atoms with van der Waals surface area (Å²) < 4.78 is 2.59. The molecule has 1 nitrogen and oxygen atoms in total. The van der Waals surface area contributed by atoms with Gasteiger partial charge in [-0.15, -0.1) is 0 Å². The first-order chi connectivity index (χ1) is 7.33. The molecule has 0 bridgehead atoms. The second kappa shape index (κ2) is 4.78. The molecule has 2 heteroatoms. The van der Waals surface area contributed by atoms with Crippen molar-refractivity contribution in [1.82, 2.24) is 4.23 Å². The number of nitrogens with zero attached hydrogens (tertiary/aromatic N) is 1. The molecule has 0 unspecified atom stereocenters. The van der Waals surface area contributed by atoms with Crippen molar-refractivity contribution in [2.24, 2.45) is 0 Å². The van der Waals surface area contributed by atoms with Gasteiger partial charge < -0.3 is 4.23 Å². The van der Waals surface area contributed by atoms with E-state index in [1.54, 1.807) is 0 Å². The van der Waals surface area contributed by atoms with Crippen LogP contribution in [0.1, 0.15) is 47.1 Å². The van der Waals surface area contributed by atoms with Crippen LogP contribution in [0.2, 0.25) is 16.6 Å². The first-order valence-corrected chi connectivity index (χ1v) is 8.66. The third-order valence-electron chi connectivity index (χ3n) is 4.06. The van der Waals surface area contributed by atoms with Gasteiger partial charge in [-0.2, -0.15) is 0 Å². The quantitative estimate of drug-likeness (QED) is 0.662. The van der Waals surface area contributed by atoms with Crippen LogP contribution in [0, 0.1) is 6.92 Å². The van der Waals surface area contributed by atoms with Gasteiger partial charge in [0.25, 0.3) is 0 Å². The zero-order valence-corrected chi connectivity index (χ0v) is 12.9. The molecule has 0 radical (unpaired) electrons. The van der Waals surface area contributed by atoms with Crippen LogP contribution in [-0.4, -0.2) is 12.5 Å². The minimum Gasteiger partial charge on any atom is -0.379 e. The molecule has 0 saturated carbocycles. The maximum Gasteiger partial charge on any atom is 0.168 e. The Morgan fingerprint density at radius 1 is 0.938 bits per heavy atom. The van der Waals surface area contributed by atoms with E-state index in [4.69, 9.17) is 0 Å². The average Bonchev–Trinajstić information content (AvgIpc) is 2.50. The predicted octanol–water partition coefficient (Wildman–Crippen LogP) is 4.82. The molecule has 0 saturated heterocycles. The van der Waals surface area contributed by atoms with Crippen LogP contribution in [-0.2, 0) is 0 Å². The zero-order valence-electron chi connectivity index (χ0n) is 11.9. The molecule has 0 N–H and O–H groups in total. The largest absolute Gasteiger partial charge is 0.379 e. The van der Waals surface area contributed by atoms with Crippen LogP contribution in [0.15, 0.2) is 18.5 Å². The fourth-order valence-electron chi connectivity index (χ4n) is 3.64. The molecule has 16 heavy (non-hydrogen) atoms. The minimum atomic E-state index is -1.47. The van der Waals surface area contributed by atoms with Crippen LogP contribution in [0.4, 0.5) is 0 Å². The Morgan fingerprint density at radius 3 is 1.62 bits per heavy atom. The van der Waals surface area contributed by atoms with Gasteiger partial charge in [-0.1, -0.05) is 41.5 Å². The van der Waals surface area contributed by atoms with E-state index in [1.165, 1.54) is 5.56 Å². The van der Waals surface area contributed by atoms with E-state index in [0.717, 1.165) is 16.6 Å². The molecule has 1 aromatic heterocycles. The maximum atomic E-state index is 2.59. The van der Waals surface area contributed by atoms with E-state index in [1.807, 2.05) is 0 Å². The Hall–Kier alpha value is -0.503. The summed E-state index contributed by atoms with van der Waals surface area (Å²) in [6.07, 6.45) is 4.66. The van der Waals surface area contributed by atoms with Crippen LogP contribution < -0.4 is 0 Å². The number of rotatable bonds is 4. The van der Waals surface area contributed by atoms with E-state index in [2.05, 4.69) is 71.2 Å². The topological polar surface area (TPSA) is 4.93 Å². The molecular weight excluding hydrogens is 210 g/mol. The normalized spacial score (nSPS) is 13.1. The monoisotopic (exact) mass is 237 g/mol. The van der Waals surface area contributed by atoms with Gasteiger partial charge in [0.15, 0.2) is 8.24 Å². The smallest absolute Gasteiger partial charge is 0.168 e. The summed E-state index contributed by atoms with van der Waals surface area (Å²) in [6.45, 7) is 16.6. The lowest BCUT2D eigenvalue weighted by molar-refractivity contribution is 0.765. The molecule has 0 atom stereocenters. The van der Waals surface area contributed by atoms with Gasteiger partial charge in [-0.3, -0.25) is 0 Å². The molecule has 92 valence electrons. The highest BCUT2D eigenvalue weighted by atomic mass is 28.3. The van der Waals surface area contributed by atoms with Gasteiger partial charge in [-0.25, -0.2) is 0 Å². The van der Waals surface area contributed by atoms with E-state index < -0.39 is 8.24 Å². The molecule has 0 amide bonds. The van der Waals surface area contributed by atoms with Crippen LogP contribution in [0.3, 0.4) is 0 Å². The van der Waals surface area contributed by atoms with Gasteiger partial charge in [0, 0.05) is 0 Å². The maximum absolute atomic E-state index is 2.59. The Labute approximate surface area is 102 Å². The molecule has 1 aromatic rings. The highest BCUT2D eigenvalue weighted by Crippen LogP contribution is 2.42. The molecular formula is C14H27NSi. The molecule has 0 aromatic carbocycles. The second-order valence-electron chi connectivity index (χ2n) is 5.95. The van der Waals surface area contributed by atoms with E-state index in [9.17, 15) is 0 Å². The molecule has 0 fully saturated rings. The molecule has 1 heterocycles. The minimum absolute atomic E-state index is 0.777. The Bertz CT molecular complexity index is 314. The van der Waals surface area contributed by atoms with E-state index in [0.29, 0.717) is 0 Å². The Kier molecular flexibility index (Phi) is 4.05. The molecule has 0 aliphatic carbocycles. The van der Waals surface area contributed by atoms with Gasteiger partial charge in [0.1, 0.15) is 0 Å². The Balaban J connectivity index is 3.33. The Morgan fingerprint density at radius 2 is 1.38 bits per heavy atom. The third kappa shape index (κ3) is 2.00. The number of aryl methyl sites for hydroxylation is 1.